The van der Waals surface area contributed by atoms with Gasteiger partial charge in [0.25, 0.3) is 0 Å². The van der Waals surface area contributed by atoms with Gasteiger partial charge in [-0.15, -0.1) is 0 Å². The summed E-state index contributed by atoms with van der Waals surface area (Å²) in [6, 6.07) is 0. The van der Waals surface area contributed by atoms with Crippen LogP contribution in [0.5, 0.6) is 0 Å². The molecule has 0 unspecified atom stereocenters. The second kappa shape index (κ2) is 17.0. The van der Waals surface area contributed by atoms with Crippen molar-refractivity contribution in [1.29, 1.82) is 0 Å². The van der Waals surface area contributed by atoms with E-state index in [9.17, 15) is 9.59 Å². The molecule has 0 aromatic carbocycles. The van der Waals surface area contributed by atoms with E-state index in [2.05, 4.69) is 60.3 Å². The van der Waals surface area contributed by atoms with E-state index in [-0.39, 0.29) is 23.6 Å². The molecule has 0 saturated heterocycles. The second-order valence-electron chi connectivity index (χ2n) is 15.0. The van der Waals surface area contributed by atoms with Gasteiger partial charge >= 0.3 is 11.9 Å². The van der Waals surface area contributed by atoms with Gasteiger partial charge in [-0.05, 0) is 113 Å². The number of carbonyl (C=O) groups is 2. The van der Waals surface area contributed by atoms with E-state index in [1.54, 1.807) is 5.57 Å². The normalized spacial score (nSPS) is 28.6. The van der Waals surface area contributed by atoms with Crippen LogP contribution in [-0.4, -0.2) is 23.6 Å². The van der Waals surface area contributed by atoms with Crippen molar-refractivity contribution < 1.29 is 19.1 Å². The molecular formula is C39H64O4. The first-order valence-electron chi connectivity index (χ1n) is 18.0. The van der Waals surface area contributed by atoms with Gasteiger partial charge in [0.2, 0.25) is 0 Å². The first-order chi connectivity index (χ1) is 20.5. The lowest BCUT2D eigenvalue weighted by molar-refractivity contribution is -0.157. The molecule has 5 atom stereocenters. The second-order valence-corrected chi connectivity index (χ2v) is 15.0. The lowest BCUT2D eigenvalue weighted by Crippen LogP contribution is -2.36. The molecule has 3 saturated carbocycles. The summed E-state index contributed by atoms with van der Waals surface area (Å²) in [4.78, 5) is 24.6. The molecule has 0 amide bonds. The van der Waals surface area contributed by atoms with Crippen LogP contribution in [0.4, 0.5) is 0 Å². The van der Waals surface area contributed by atoms with Crippen LogP contribution in [-0.2, 0) is 19.1 Å². The molecule has 3 rings (SSSR count). The third-order valence-corrected chi connectivity index (χ3v) is 11.0. The van der Waals surface area contributed by atoms with Gasteiger partial charge in [-0.1, -0.05) is 89.7 Å². The Hall–Kier alpha value is -1.84. The summed E-state index contributed by atoms with van der Waals surface area (Å²) in [5.74, 6) is 2.01. The number of ether oxygens (including phenoxy) is 2. The fourth-order valence-corrected chi connectivity index (χ4v) is 8.44. The number of hydrogen-bond donors (Lipinski definition) is 0. The highest BCUT2D eigenvalue weighted by Gasteiger charge is 2.50. The molecule has 3 fully saturated rings. The van der Waals surface area contributed by atoms with E-state index in [0.717, 1.165) is 76.5 Å². The molecule has 0 aromatic heterocycles. The largest absolute Gasteiger partial charge is 0.462 e. The molecule has 3 aliphatic carbocycles. The minimum absolute atomic E-state index is 0.00725. The maximum atomic E-state index is 12.3. The van der Waals surface area contributed by atoms with E-state index in [1.807, 2.05) is 0 Å². The Balaban J connectivity index is 1.55. The highest BCUT2D eigenvalue weighted by Crippen LogP contribution is 2.60. The van der Waals surface area contributed by atoms with E-state index in [0.29, 0.717) is 30.1 Å². The lowest BCUT2D eigenvalue weighted by atomic mass is 9.60. The summed E-state index contributed by atoms with van der Waals surface area (Å²) in [6.07, 6.45) is 24.4. The van der Waals surface area contributed by atoms with Crippen molar-refractivity contribution in [3.05, 3.63) is 35.5 Å². The van der Waals surface area contributed by atoms with Crippen LogP contribution < -0.4 is 0 Å². The minimum atomic E-state index is -0.380. The van der Waals surface area contributed by atoms with Crippen molar-refractivity contribution >= 4 is 11.9 Å². The van der Waals surface area contributed by atoms with Crippen LogP contribution in [0.2, 0.25) is 0 Å². The molecule has 3 aliphatic rings. The van der Waals surface area contributed by atoms with E-state index in [4.69, 9.17) is 9.47 Å². The zero-order chi connectivity index (χ0) is 31.5. The fourth-order valence-electron chi connectivity index (χ4n) is 8.44. The topological polar surface area (TPSA) is 52.6 Å². The van der Waals surface area contributed by atoms with E-state index < -0.39 is 0 Å². The molecule has 0 N–H and O–H groups in total. The quantitative estimate of drug-likeness (QED) is 0.131. The fraction of sp³-hybridized carbons (Fsp3) is 0.795. The Kier molecular flexibility index (Phi) is 14.1. The standard InChI is InChI=1S/C39H64O4/c1-8-10-12-18-36(40)42-33-23-20-29(3)32(28-33)22-21-31-17-15-27-39(7)34(24-25-35(31)39)30(4)16-14-26-38(5,6)43-37(41)19-13-11-9-2/h21-22,30,33-35H,3,8-20,23-28H2,1-2,4-7H3/t30-,33+,34-,35-,39-/m1/s1. The maximum absolute atomic E-state index is 12.3. The van der Waals surface area contributed by atoms with Gasteiger partial charge in [0.15, 0.2) is 0 Å². The van der Waals surface area contributed by atoms with Gasteiger partial charge in [-0.25, -0.2) is 0 Å². The zero-order valence-electron chi connectivity index (χ0n) is 28.7. The first-order valence-corrected chi connectivity index (χ1v) is 18.0. The molecule has 4 nitrogen and oxygen atoms in total. The number of rotatable bonds is 16. The number of esters is 2. The van der Waals surface area contributed by atoms with Crippen molar-refractivity contribution in [2.24, 2.45) is 23.2 Å². The van der Waals surface area contributed by atoms with Crippen molar-refractivity contribution in [2.75, 3.05) is 0 Å². The molecule has 4 heteroatoms. The van der Waals surface area contributed by atoms with Crippen LogP contribution in [0.15, 0.2) is 35.5 Å². The SMILES string of the molecule is C=C1CC[C@H](OC(=O)CCCCC)CC1=CC=C1CCC[C@@]2(C)[C@@H]1CC[C@@H]2[C@H](C)CCCC(C)(C)OC(=O)CCCCC. The van der Waals surface area contributed by atoms with Gasteiger partial charge in [0.05, 0.1) is 0 Å². The van der Waals surface area contributed by atoms with Gasteiger partial charge in [-0.3, -0.25) is 9.59 Å². The minimum Gasteiger partial charge on any atom is -0.462 e. The predicted octanol–water partition coefficient (Wildman–Crippen LogP) is 11.0. The van der Waals surface area contributed by atoms with Crippen LogP contribution >= 0.6 is 0 Å². The van der Waals surface area contributed by atoms with Crippen molar-refractivity contribution in [3.63, 3.8) is 0 Å². The van der Waals surface area contributed by atoms with Crippen LogP contribution in [0.25, 0.3) is 0 Å². The molecule has 0 aliphatic heterocycles. The number of unbranched alkanes of at least 4 members (excludes halogenated alkanes) is 4. The summed E-state index contributed by atoms with van der Waals surface area (Å²) in [5, 5.41) is 0. The zero-order valence-corrected chi connectivity index (χ0v) is 28.7. The smallest absolute Gasteiger partial charge is 0.306 e. The average molecular weight is 597 g/mol. The Morgan fingerprint density at radius 2 is 1.67 bits per heavy atom. The Morgan fingerprint density at radius 3 is 2.37 bits per heavy atom. The molecule has 0 aromatic rings. The summed E-state index contributed by atoms with van der Waals surface area (Å²) < 4.78 is 11.7. The molecule has 0 radical (unpaired) electrons. The molecule has 0 bridgehead atoms. The third-order valence-electron chi connectivity index (χ3n) is 11.0. The van der Waals surface area contributed by atoms with Crippen molar-refractivity contribution in [3.8, 4) is 0 Å². The number of allylic oxidation sites excluding steroid dienone is 4. The Bertz CT molecular complexity index is 987. The Morgan fingerprint density at radius 1 is 0.977 bits per heavy atom. The van der Waals surface area contributed by atoms with Gasteiger partial charge in [0, 0.05) is 19.3 Å². The van der Waals surface area contributed by atoms with Crippen LogP contribution in [0.3, 0.4) is 0 Å². The number of carbonyl (C=O) groups excluding carboxylic acids is 2. The van der Waals surface area contributed by atoms with Crippen LogP contribution in [0.1, 0.15) is 164 Å². The van der Waals surface area contributed by atoms with E-state index >= 15 is 0 Å². The molecule has 0 spiro atoms. The summed E-state index contributed by atoms with van der Waals surface area (Å²) in [5.41, 5.74) is 4.09. The third kappa shape index (κ3) is 10.6. The highest BCUT2D eigenvalue weighted by atomic mass is 16.6. The monoisotopic (exact) mass is 596 g/mol. The summed E-state index contributed by atoms with van der Waals surface area (Å²) in [6.45, 7) is 17.9. The predicted molar refractivity (Wildman–Crippen MR) is 179 cm³/mol. The number of hydrogen-bond acceptors (Lipinski definition) is 4. The van der Waals surface area contributed by atoms with Gasteiger partial charge < -0.3 is 9.47 Å². The molecule has 43 heavy (non-hydrogen) atoms. The summed E-state index contributed by atoms with van der Waals surface area (Å²) in [7, 11) is 0. The Labute approximate surface area is 264 Å². The summed E-state index contributed by atoms with van der Waals surface area (Å²) >= 11 is 0. The van der Waals surface area contributed by atoms with Gasteiger partial charge in [0.1, 0.15) is 11.7 Å². The van der Waals surface area contributed by atoms with E-state index in [1.165, 1.54) is 49.7 Å². The first kappa shape index (κ1) is 35.6. The highest BCUT2D eigenvalue weighted by molar-refractivity contribution is 5.70. The molecular weight excluding hydrogens is 532 g/mol. The lowest BCUT2D eigenvalue weighted by Gasteiger charge is -2.44. The van der Waals surface area contributed by atoms with Crippen molar-refractivity contribution in [1.82, 2.24) is 0 Å². The molecule has 244 valence electrons. The number of fused-ring (bicyclic) bond motifs is 1. The van der Waals surface area contributed by atoms with Gasteiger partial charge in [-0.2, -0.15) is 0 Å². The average Bonchev–Trinajstić information content (AvgIpc) is 3.30. The molecule has 0 heterocycles. The van der Waals surface area contributed by atoms with Crippen LogP contribution in [0, 0.1) is 23.2 Å². The van der Waals surface area contributed by atoms with Crippen molar-refractivity contribution in [2.45, 2.75) is 175 Å². The maximum Gasteiger partial charge on any atom is 0.306 e.